The molecule has 0 aromatic heterocycles. The highest BCUT2D eigenvalue weighted by molar-refractivity contribution is 7.86. The topological polar surface area (TPSA) is 70.1 Å². The highest BCUT2D eigenvalue weighted by Crippen LogP contribution is 2.17. The highest BCUT2D eigenvalue weighted by Gasteiger charge is 2.33. The predicted molar refractivity (Wildman–Crippen MR) is 58.1 cm³/mol. The maximum atomic E-state index is 12.2. The molecule has 0 aromatic rings. The van der Waals surface area contributed by atoms with Crippen molar-refractivity contribution in [1.82, 2.24) is 8.61 Å². The van der Waals surface area contributed by atoms with E-state index in [-0.39, 0.29) is 6.54 Å². The number of morpholine rings is 1. The third kappa shape index (κ3) is 2.54. The van der Waals surface area contributed by atoms with Crippen molar-refractivity contribution in [2.24, 2.45) is 0 Å². The number of aliphatic hydroxyl groups excluding tert-OH is 1. The molecule has 2 aliphatic rings. The summed E-state index contributed by atoms with van der Waals surface area (Å²) in [6.07, 6.45) is 0.893. The van der Waals surface area contributed by atoms with Crippen LogP contribution in [0, 0.1) is 0 Å². The zero-order chi connectivity index (χ0) is 11.6. The summed E-state index contributed by atoms with van der Waals surface area (Å²) in [6, 6.07) is 0. The molecule has 0 bridgehead atoms. The van der Waals surface area contributed by atoms with Gasteiger partial charge in [0.05, 0.1) is 19.3 Å². The molecule has 0 amide bonds. The molecule has 7 heteroatoms. The van der Waals surface area contributed by atoms with Gasteiger partial charge in [-0.2, -0.15) is 17.0 Å². The second-order valence-electron chi connectivity index (χ2n) is 4.17. The fourth-order valence-corrected chi connectivity index (χ4v) is 3.73. The summed E-state index contributed by atoms with van der Waals surface area (Å²) in [5.41, 5.74) is 0. The van der Waals surface area contributed by atoms with Gasteiger partial charge in [-0.25, -0.2) is 0 Å². The van der Waals surface area contributed by atoms with Crippen molar-refractivity contribution >= 4 is 10.2 Å². The van der Waals surface area contributed by atoms with E-state index in [0.717, 1.165) is 6.42 Å². The Morgan fingerprint density at radius 1 is 1.12 bits per heavy atom. The molecule has 1 atom stereocenters. The first kappa shape index (κ1) is 12.3. The van der Waals surface area contributed by atoms with Crippen LogP contribution in [0.1, 0.15) is 12.8 Å². The Hall–Kier alpha value is -0.210. The zero-order valence-corrected chi connectivity index (χ0v) is 10.0. The molecule has 0 aliphatic carbocycles. The van der Waals surface area contributed by atoms with Crippen LogP contribution >= 0.6 is 0 Å². The van der Waals surface area contributed by atoms with Gasteiger partial charge in [0.2, 0.25) is 0 Å². The van der Waals surface area contributed by atoms with Crippen LogP contribution < -0.4 is 0 Å². The van der Waals surface area contributed by atoms with E-state index in [1.807, 2.05) is 0 Å². The fourth-order valence-electron chi connectivity index (χ4n) is 2.07. The Bertz CT molecular complexity index is 326. The first-order chi connectivity index (χ1) is 7.60. The number of hydrogen-bond acceptors (Lipinski definition) is 4. The number of β-amino-alcohol motifs (C(OH)–C–C–N with tert-alkyl or cyclic N) is 1. The van der Waals surface area contributed by atoms with Crippen molar-refractivity contribution in [3.05, 3.63) is 0 Å². The minimum atomic E-state index is -3.39. The van der Waals surface area contributed by atoms with Crippen molar-refractivity contribution in [3.63, 3.8) is 0 Å². The molecule has 0 aromatic carbocycles. The van der Waals surface area contributed by atoms with Crippen LogP contribution in [-0.4, -0.2) is 67.6 Å². The van der Waals surface area contributed by atoms with E-state index in [1.165, 1.54) is 8.61 Å². The number of aliphatic hydroxyl groups is 1. The van der Waals surface area contributed by atoms with Crippen molar-refractivity contribution in [1.29, 1.82) is 0 Å². The molecule has 2 rings (SSSR count). The van der Waals surface area contributed by atoms with Crippen LogP contribution in [0.2, 0.25) is 0 Å². The molecule has 94 valence electrons. The number of ether oxygens (including phenoxy) is 1. The molecule has 2 heterocycles. The second-order valence-corrected chi connectivity index (χ2v) is 6.10. The first-order valence-corrected chi connectivity index (χ1v) is 7.01. The molecule has 2 aliphatic heterocycles. The predicted octanol–water partition coefficient (Wildman–Crippen LogP) is -0.980. The Morgan fingerprint density at radius 2 is 1.81 bits per heavy atom. The van der Waals surface area contributed by atoms with E-state index in [1.54, 1.807) is 0 Å². The SMILES string of the molecule is O=S(=O)(N1CCOCC1)N1CCCC(O)C1. The van der Waals surface area contributed by atoms with Crippen LogP contribution in [-0.2, 0) is 14.9 Å². The maximum absolute atomic E-state index is 12.2. The molecule has 0 spiro atoms. The number of nitrogens with zero attached hydrogens (tertiary/aromatic N) is 2. The Kier molecular flexibility index (Phi) is 3.81. The first-order valence-electron chi connectivity index (χ1n) is 5.62. The summed E-state index contributed by atoms with van der Waals surface area (Å²) in [5, 5.41) is 9.49. The third-order valence-electron chi connectivity index (χ3n) is 2.98. The summed E-state index contributed by atoms with van der Waals surface area (Å²) in [6.45, 7) is 2.46. The third-order valence-corrected chi connectivity index (χ3v) is 4.98. The molecule has 2 saturated heterocycles. The minimum Gasteiger partial charge on any atom is -0.392 e. The van der Waals surface area contributed by atoms with Crippen molar-refractivity contribution in [2.45, 2.75) is 18.9 Å². The van der Waals surface area contributed by atoms with Crippen LogP contribution in [0.15, 0.2) is 0 Å². The van der Waals surface area contributed by atoms with Gasteiger partial charge in [0.15, 0.2) is 0 Å². The standard InChI is InChI=1S/C9H18N2O4S/c12-9-2-1-3-11(8-9)16(13,14)10-4-6-15-7-5-10/h9,12H,1-8H2. The van der Waals surface area contributed by atoms with Crippen molar-refractivity contribution < 1.29 is 18.3 Å². The molecule has 1 unspecified atom stereocenters. The zero-order valence-electron chi connectivity index (χ0n) is 9.21. The average Bonchev–Trinajstić information content (AvgIpc) is 2.30. The molecule has 0 saturated carbocycles. The molecular formula is C9H18N2O4S. The second kappa shape index (κ2) is 4.97. The van der Waals surface area contributed by atoms with Gasteiger partial charge < -0.3 is 9.84 Å². The van der Waals surface area contributed by atoms with Crippen LogP contribution in [0.5, 0.6) is 0 Å². The smallest absolute Gasteiger partial charge is 0.282 e. The lowest BCUT2D eigenvalue weighted by atomic mass is 10.1. The van der Waals surface area contributed by atoms with Gasteiger partial charge >= 0.3 is 0 Å². The quantitative estimate of drug-likeness (QED) is 0.684. The Labute approximate surface area is 96.0 Å². The lowest BCUT2D eigenvalue weighted by molar-refractivity contribution is 0.0648. The van der Waals surface area contributed by atoms with E-state index in [4.69, 9.17) is 4.74 Å². The Morgan fingerprint density at radius 3 is 2.44 bits per heavy atom. The van der Waals surface area contributed by atoms with E-state index in [2.05, 4.69) is 0 Å². The summed E-state index contributed by atoms with van der Waals surface area (Å²) in [7, 11) is -3.39. The van der Waals surface area contributed by atoms with Gasteiger partial charge in [-0.3, -0.25) is 0 Å². The van der Waals surface area contributed by atoms with Gasteiger partial charge in [0.1, 0.15) is 0 Å². The average molecular weight is 250 g/mol. The van der Waals surface area contributed by atoms with Gasteiger partial charge in [0, 0.05) is 26.2 Å². The van der Waals surface area contributed by atoms with Gasteiger partial charge in [-0.05, 0) is 12.8 Å². The molecule has 0 radical (unpaired) electrons. The van der Waals surface area contributed by atoms with E-state index >= 15 is 0 Å². The molecule has 1 N–H and O–H groups in total. The lowest BCUT2D eigenvalue weighted by Gasteiger charge is -2.35. The monoisotopic (exact) mass is 250 g/mol. The maximum Gasteiger partial charge on any atom is 0.282 e. The van der Waals surface area contributed by atoms with E-state index in [0.29, 0.717) is 39.3 Å². The number of hydrogen-bond donors (Lipinski definition) is 1. The summed E-state index contributed by atoms with van der Waals surface area (Å²) < 4.78 is 32.3. The van der Waals surface area contributed by atoms with E-state index in [9.17, 15) is 13.5 Å². The molecular weight excluding hydrogens is 232 g/mol. The largest absolute Gasteiger partial charge is 0.392 e. The van der Waals surface area contributed by atoms with E-state index < -0.39 is 16.3 Å². The summed E-state index contributed by atoms with van der Waals surface area (Å²) in [5.74, 6) is 0. The Balaban J connectivity index is 2.05. The minimum absolute atomic E-state index is 0.222. The van der Waals surface area contributed by atoms with Crippen LogP contribution in [0.4, 0.5) is 0 Å². The molecule has 2 fully saturated rings. The van der Waals surface area contributed by atoms with Crippen molar-refractivity contribution in [2.75, 3.05) is 39.4 Å². The van der Waals surface area contributed by atoms with Crippen LogP contribution in [0.3, 0.4) is 0 Å². The summed E-state index contributed by atoms with van der Waals surface area (Å²) in [4.78, 5) is 0. The fraction of sp³-hybridized carbons (Fsp3) is 1.00. The highest BCUT2D eigenvalue weighted by atomic mass is 32.2. The lowest BCUT2D eigenvalue weighted by Crippen LogP contribution is -2.52. The van der Waals surface area contributed by atoms with Crippen LogP contribution in [0.25, 0.3) is 0 Å². The van der Waals surface area contributed by atoms with Gasteiger partial charge in [-0.15, -0.1) is 0 Å². The van der Waals surface area contributed by atoms with Gasteiger partial charge in [-0.1, -0.05) is 0 Å². The molecule has 16 heavy (non-hydrogen) atoms. The summed E-state index contributed by atoms with van der Waals surface area (Å²) >= 11 is 0. The molecule has 6 nitrogen and oxygen atoms in total. The number of piperidine rings is 1. The van der Waals surface area contributed by atoms with Gasteiger partial charge in [0.25, 0.3) is 10.2 Å². The normalized spacial score (nSPS) is 30.4. The van der Waals surface area contributed by atoms with Crippen molar-refractivity contribution in [3.8, 4) is 0 Å². The number of rotatable bonds is 2.